The van der Waals surface area contributed by atoms with Crippen LogP contribution >= 0.6 is 11.6 Å². The van der Waals surface area contributed by atoms with E-state index in [1.165, 1.54) is 0 Å². The number of carbonyl (C=O) groups is 1. The molecule has 0 spiro atoms. The van der Waals surface area contributed by atoms with Gasteiger partial charge in [-0.2, -0.15) is 18.3 Å². The highest BCUT2D eigenvalue weighted by Crippen LogP contribution is 2.35. The molecule has 0 unspecified atom stereocenters. The van der Waals surface area contributed by atoms with Gasteiger partial charge in [0.2, 0.25) is 0 Å². The van der Waals surface area contributed by atoms with Gasteiger partial charge in [0.15, 0.2) is 17.2 Å². The van der Waals surface area contributed by atoms with Gasteiger partial charge in [0.1, 0.15) is 5.02 Å². The predicted molar refractivity (Wildman–Crippen MR) is 85.0 cm³/mol. The first-order valence-electron chi connectivity index (χ1n) is 6.74. The molecule has 2 aromatic rings. The largest absolute Gasteiger partial charge is 0.436 e. The van der Waals surface area contributed by atoms with E-state index >= 15 is 0 Å². The minimum atomic E-state index is -4.81. The predicted octanol–water partition coefficient (Wildman–Crippen LogP) is 2.46. The highest BCUT2D eigenvalue weighted by molar-refractivity contribution is 6.34. The Labute approximate surface area is 145 Å². The van der Waals surface area contributed by atoms with E-state index in [9.17, 15) is 18.0 Å². The molecule has 4 N–H and O–H groups in total. The van der Waals surface area contributed by atoms with E-state index in [1.54, 1.807) is 25.1 Å². The number of alkyl halides is 3. The number of anilines is 1. The Hall–Kier alpha value is -2.75. The summed E-state index contributed by atoms with van der Waals surface area (Å²) in [4.78, 5) is 16.6. The maximum Gasteiger partial charge on any atom is 0.436 e. The number of aryl methyl sites for hydroxylation is 1. The van der Waals surface area contributed by atoms with E-state index in [4.69, 9.17) is 23.1 Å². The van der Waals surface area contributed by atoms with Crippen molar-refractivity contribution in [2.75, 3.05) is 5.73 Å². The quantitative estimate of drug-likeness (QED) is 0.281. The molecule has 0 radical (unpaired) electrons. The van der Waals surface area contributed by atoms with Crippen LogP contribution in [0.15, 0.2) is 23.4 Å². The van der Waals surface area contributed by atoms with Crippen molar-refractivity contribution in [1.82, 2.24) is 9.78 Å². The number of oxime groups is 1. The molecule has 1 aromatic heterocycles. The molecule has 25 heavy (non-hydrogen) atoms. The normalized spacial score (nSPS) is 12.3. The smallest absolute Gasteiger partial charge is 0.398 e. The van der Waals surface area contributed by atoms with Gasteiger partial charge in [-0.3, -0.25) is 4.68 Å². The van der Waals surface area contributed by atoms with Crippen molar-refractivity contribution in [2.24, 2.45) is 17.9 Å². The average Bonchev–Trinajstić information content (AvgIpc) is 2.82. The monoisotopic (exact) mass is 375 g/mol. The number of rotatable bonds is 3. The van der Waals surface area contributed by atoms with Crippen LogP contribution in [0, 0.1) is 6.92 Å². The van der Waals surface area contributed by atoms with Crippen LogP contribution in [0.2, 0.25) is 5.02 Å². The Balaban J connectivity index is 2.29. The fourth-order valence-corrected chi connectivity index (χ4v) is 2.36. The maximum atomic E-state index is 12.8. The molecule has 2 rings (SSSR count). The zero-order valence-electron chi connectivity index (χ0n) is 13.1. The number of nitrogen functional groups attached to an aromatic ring is 1. The van der Waals surface area contributed by atoms with Crippen molar-refractivity contribution in [3.63, 3.8) is 0 Å². The number of nitrogens with zero attached hydrogens (tertiary/aromatic N) is 3. The average molecular weight is 376 g/mol. The Kier molecular flexibility index (Phi) is 4.93. The van der Waals surface area contributed by atoms with Gasteiger partial charge in [0.05, 0.1) is 0 Å². The minimum absolute atomic E-state index is 0.174. The molecule has 0 fully saturated rings. The molecule has 0 atom stereocenters. The lowest BCUT2D eigenvalue weighted by Gasteiger charge is -2.07. The van der Waals surface area contributed by atoms with Crippen LogP contribution in [0.25, 0.3) is 0 Å². The van der Waals surface area contributed by atoms with E-state index in [-0.39, 0.29) is 5.84 Å². The number of halogens is 4. The van der Waals surface area contributed by atoms with Crippen LogP contribution < -0.4 is 11.5 Å². The lowest BCUT2D eigenvalue weighted by atomic mass is 10.1. The molecule has 0 amide bonds. The number of benzene rings is 1. The van der Waals surface area contributed by atoms with E-state index in [1.807, 2.05) is 0 Å². The van der Waals surface area contributed by atoms with Crippen molar-refractivity contribution in [3.8, 4) is 0 Å². The number of hydrogen-bond acceptors (Lipinski definition) is 5. The summed E-state index contributed by atoms with van der Waals surface area (Å²) in [5.74, 6) is -1.41. The second-order valence-electron chi connectivity index (χ2n) is 5.01. The topological polar surface area (TPSA) is 109 Å². The van der Waals surface area contributed by atoms with E-state index < -0.39 is 28.6 Å². The van der Waals surface area contributed by atoms with Crippen molar-refractivity contribution in [1.29, 1.82) is 0 Å². The molecule has 0 aliphatic rings. The van der Waals surface area contributed by atoms with Crippen molar-refractivity contribution in [2.45, 2.75) is 13.1 Å². The molecule has 1 heterocycles. The van der Waals surface area contributed by atoms with Crippen LogP contribution in [0.4, 0.5) is 18.9 Å². The summed E-state index contributed by atoms with van der Waals surface area (Å²) < 4.78 is 38.9. The summed E-state index contributed by atoms with van der Waals surface area (Å²) in [6.45, 7) is 1.68. The van der Waals surface area contributed by atoms with E-state index in [0.717, 1.165) is 7.05 Å². The number of aromatic nitrogens is 2. The molecular weight excluding hydrogens is 363 g/mol. The van der Waals surface area contributed by atoms with Gasteiger partial charge in [0.25, 0.3) is 0 Å². The maximum absolute atomic E-state index is 12.8. The van der Waals surface area contributed by atoms with E-state index in [2.05, 4.69) is 15.1 Å². The number of carbonyl (C=O) groups excluding carboxylic acids is 1. The van der Waals surface area contributed by atoms with Gasteiger partial charge in [-0.25, -0.2) is 4.79 Å². The second-order valence-corrected chi connectivity index (χ2v) is 5.39. The van der Waals surface area contributed by atoms with Gasteiger partial charge in [-0.05, 0) is 18.6 Å². The molecule has 11 heteroatoms. The molecule has 0 saturated heterocycles. The summed E-state index contributed by atoms with van der Waals surface area (Å²) in [6, 6.07) is 4.86. The van der Waals surface area contributed by atoms with Gasteiger partial charge in [-0.15, -0.1) is 0 Å². The Morgan fingerprint density at radius 1 is 1.40 bits per heavy atom. The standard InChI is InChI=1S/C14H13ClF3N5O2/c1-6-7(4-3-5-8(6)19)12(20)22-25-13(24)10-9(15)11(14(16,17)18)21-23(10)2/h3-5H,19H2,1-2H3,(H2,20,22). The highest BCUT2D eigenvalue weighted by Gasteiger charge is 2.40. The summed E-state index contributed by atoms with van der Waals surface area (Å²) in [5.41, 5.74) is 10.9. The first-order chi connectivity index (χ1) is 11.5. The first kappa shape index (κ1) is 18.6. The van der Waals surface area contributed by atoms with Gasteiger partial charge in [-0.1, -0.05) is 28.9 Å². The number of hydrogen-bond donors (Lipinski definition) is 2. The lowest BCUT2D eigenvalue weighted by Crippen LogP contribution is -2.18. The van der Waals surface area contributed by atoms with Crippen molar-refractivity contribution >= 4 is 29.1 Å². The summed E-state index contributed by atoms with van der Waals surface area (Å²) in [6.07, 6.45) is -4.81. The lowest BCUT2D eigenvalue weighted by molar-refractivity contribution is -0.141. The molecule has 134 valence electrons. The van der Waals surface area contributed by atoms with Crippen molar-refractivity contribution < 1.29 is 22.8 Å². The number of nitrogens with two attached hydrogens (primary N) is 2. The fourth-order valence-electron chi connectivity index (χ4n) is 2.01. The van der Waals surface area contributed by atoms with Crippen molar-refractivity contribution in [3.05, 3.63) is 45.7 Å². The molecule has 7 nitrogen and oxygen atoms in total. The third-order valence-corrected chi connectivity index (χ3v) is 3.69. The zero-order chi connectivity index (χ0) is 18.9. The Morgan fingerprint density at radius 3 is 2.60 bits per heavy atom. The number of amidine groups is 1. The van der Waals surface area contributed by atoms with Gasteiger partial charge < -0.3 is 16.3 Å². The Morgan fingerprint density at radius 2 is 2.04 bits per heavy atom. The summed E-state index contributed by atoms with van der Waals surface area (Å²) in [7, 11) is 1.12. The molecule has 0 aliphatic carbocycles. The van der Waals surface area contributed by atoms with Crippen LogP contribution in [-0.4, -0.2) is 21.6 Å². The first-order valence-corrected chi connectivity index (χ1v) is 7.11. The third-order valence-electron chi connectivity index (χ3n) is 3.33. The Bertz CT molecular complexity index is 861. The molecule has 0 bridgehead atoms. The van der Waals surface area contributed by atoms with Crippen LogP contribution in [0.1, 0.15) is 27.3 Å². The second kappa shape index (κ2) is 6.63. The molecule has 0 aliphatic heterocycles. The van der Waals surface area contributed by atoms with E-state index in [0.29, 0.717) is 21.5 Å². The molecule has 1 aromatic carbocycles. The molecule has 0 saturated carbocycles. The molecular formula is C14H13ClF3N5O2. The van der Waals surface area contributed by atoms with Crippen LogP contribution in [0.5, 0.6) is 0 Å². The minimum Gasteiger partial charge on any atom is -0.398 e. The highest BCUT2D eigenvalue weighted by atomic mass is 35.5. The summed E-state index contributed by atoms with van der Waals surface area (Å²) in [5, 5.41) is 5.73. The third kappa shape index (κ3) is 3.68. The SMILES string of the molecule is Cc1c(N)cccc1/C(N)=N/OC(=O)c1c(Cl)c(C(F)(F)F)nn1C. The fraction of sp³-hybridized carbons (Fsp3) is 0.214. The van der Waals surface area contributed by atoms with Gasteiger partial charge >= 0.3 is 12.1 Å². The van der Waals surface area contributed by atoms with Gasteiger partial charge in [0, 0.05) is 18.3 Å². The summed E-state index contributed by atoms with van der Waals surface area (Å²) >= 11 is 5.59. The zero-order valence-corrected chi connectivity index (χ0v) is 13.8. The van der Waals surface area contributed by atoms with Crippen LogP contribution in [-0.2, 0) is 18.1 Å². The van der Waals surface area contributed by atoms with Crippen LogP contribution in [0.3, 0.4) is 0 Å².